The summed E-state index contributed by atoms with van der Waals surface area (Å²) in [7, 11) is 0. The van der Waals surface area contributed by atoms with Gasteiger partial charge in [-0.1, -0.05) is 62.9 Å². The summed E-state index contributed by atoms with van der Waals surface area (Å²) in [5.74, 6) is -0.281. The van der Waals surface area contributed by atoms with Crippen molar-refractivity contribution in [1.82, 2.24) is 4.90 Å². The first-order valence-corrected chi connectivity index (χ1v) is 12.5. The standard InChI is InChI=1S/C29H35NO4/c1-5-34-24-15-14-21(17-23(24)18(2)3)27(31)25-26(20-11-9-10-19(4)16-20)30(29(33)28(25)32)22-12-7-6-8-13-22/h9-11,14-18,22,26,31H,5-8,12-13H2,1-4H3/b27-25-. The predicted octanol–water partition coefficient (Wildman–Crippen LogP) is 6.27. The van der Waals surface area contributed by atoms with Crippen LogP contribution in [0.1, 0.15) is 87.1 Å². The summed E-state index contributed by atoms with van der Waals surface area (Å²) >= 11 is 0. The number of Topliss-reactive ketones (excluding diaryl/α,β-unsaturated/α-hetero) is 1. The number of likely N-dealkylation sites (tertiary alicyclic amines) is 1. The van der Waals surface area contributed by atoms with E-state index < -0.39 is 17.7 Å². The van der Waals surface area contributed by atoms with Crippen molar-refractivity contribution in [3.05, 3.63) is 70.3 Å². The molecule has 2 aromatic carbocycles. The highest BCUT2D eigenvalue weighted by Gasteiger charge is 2.48. The molecule has 2 fully saturated rings. The third kappa shape index (κ3) is 4.48. The molecule has 2 aromatic rings. The summed E-state index contributed by atoms with van der Waals surface area (Å²) in [6, 6.07) is 12.8. The molecule has 1 saturated heterocycles. The molecule has 1 aliphatic heterocycles. The molecule has 2 aliphatic rings. The second-order valence-electron chi connectivity index (χ2n) is 9.75. The Bertz CT molecular complexity index is 1110. The number of aliphatic hydroxyl groups excluding tert-OH is 1. The fourth-order valence-electron chi connectivity index (χ4n) is 5.34. The Balaban J connectivity index is 1.87. The number of benzene rings is 2. The van der Waals surface area contributed by atoms with E-state index in [-0.39, 0.29) is 23.3 Å². The van der Waals surface area contributed by atoms with Gasteiger partial charge < -0.3 is 14.7 Å². The second kappa shape index (κ2) is 10.0. The van der Waals surface area contributed by atoms with Crippen molar-refractivity contribution in [3.8, 4) is 5.75 Å². The van der Waals surface area contributed by atoms with Crippen LogP contribution in [0.15, 0.2) is 48.0 Å². The van der Waals surface area contributed by atoms with Gasteiger partial charge in [-0.25, -0.2) is 0 Å². The maximum absolute atomic E-state index is 13.4. The first-order valence-electron chi connectivity index (χ1n) is 12.5. The number of nitrogens with zero attached hydrogens (tertiary/aromatic N) is 1. The van der Waals surface area contributed by atoms with Crippen LogP contribution < -0.4 is 4.74 Å². The highest BCUT2D eigenvalue weighted by atomic mass is 16.5. The lowest BCUT2D eigenvalue weighted by Crippen LogP contribution is -2.40. The summed E-state index contributed by atoms with van der Waals surface area (Å²) in [4.78, 5) is 28.5. The van der Waals surface area contributed by atoms with E-state index in [0.29, 0.717) is 12.2 Å². The van der Waals surface area contributed by atoms with Gasteiger partial charge in [0.25, 0.3) is 11.7 Å². The number of aliphatic hydroxyl groups is 1. The Morgan fingerprint density at radius 3 is 2.47 bits per heavy atom. The highest BCUT2D eigenvalue weighted by molar-refractivity contribution is 6.46. The number of amides is 1. The van der Waals surface area contributed by atoms with Gasteiger partial charge in [-0.2, -0.15) is 0 Å². The Hall–Kier alpha value is -3.08. The average Bonchev–Trinajstić information content (AvgIpc) is 3.10. The number of rotatable bonds is 6. The molecule has 1 atom stereocenters. The summed E-state index contributed by atoms with van der Waals surface area (Å²) < 4.78 is 5.77. The monoisotopic (exact) mass is 461 g/mol. The minimum Gasteiger partial charge on any atom is -0.507 e. The third-order valence-corrected chi connectivity index (χ3v) is 7.01. The molecule has 1 aliphatic carbocycles. The Morgan fingerprint density at radius 2 is 1.82 bits per heavy atom. The van der Waals surface area contributed by atoms with E-state index in [2.05, 4.69) is 13.8 Å². The molecular weight excluding hydrogens is 426 g/mol. The zero-order valence-electron chi connectivity index (χ0n) is 20.6. The van der Waals surface area contributed by atoms with Crippen LogP contribution in [-0.4, -0.2) is 34.3 Å². The van der Waals surface area contributed by atoms with Crippen LogP contribution in [0.4, 0.5) is 0 Å². The normalized spacial score (nSPS) is 20.9. The Labute approximate surface area is 202 Å². The molecule has 0 radical (unpaired) electrons. The Morgan fingerprint density at radius 1 is 1.09 bits per heavy atom. The van der Waals surface area contributed by atoms with Crippen molar-refractivity contribution in [2.24, 2.45) is 0 Å². The van der Waals surface area contributed by atoms with Crippen LogP contribution in [0.25, 0.3) is 5.76 Å². The van der Waals surface area contributed by atoms with Gasteiger partial charge in [0, 0.05) is 11.6 Å². The lowest BCUT2D eigenvalue weighted by atomic mass is 9.90. The van der Waals surface area contributed by atoms with E-state index >= 15 is 0 Å². The zero-order valence-corrected chi connectivity index (χ0v) is 20.6. The van der Waals surface area contributed by atoms with Crippen molar-refractivity contribution in [3.63, 3.8) is 0 Å². The summed E-state index contributed by atoms with van der Waals surface area (Å²) in [6.07, 6.45) is 5.02. The molecule has 1 saturated carbocycles. The smallest absolute Gasteiger partial charge is 0.295 e. The van der Waals surface area contributed by atoms with E-state index in [1.54, 1.807) is 11.0 Å². The molecule has 1 amide bonds. The molecule has 0 bridgehead atoms. The Kier molecular flexibility index (Phi) is 7.11. The van der Waals surface area contributed by atoms with Crippen molar-refractivity contribution in [2.75, 3.05) is 6.61 Å². The summed E-state index contributed by atoms with van der Waals surface area (Å²) in [5.41, 5.74) is 3.59. The lowest BCUT2D eigenvalue weighted by molar-refractivity contribution is -0.141. The molecular formula is C29H35NO4. The number of hydrogen-bond donors (Lipinski definition) is 1. The van der Waals surface area contributed by atoms with Crippen LogP contribution in [0.3, 0.4) is 0 Å². The highest BCUT2D eigenvalue weighted by Crippen LogP contribution is 2.43. The van der Waals surface area contributed by atoms with E-state index in [1.165, 1.54) is 0 Å². The van der Waals surface area contributed by atoms with Gasteiger partial charge in [0.2, 0.25) is 0 Å². The van der Waals surface area contributed by atoms with Crippen LogP contribution in [0.5, 0.6) is 5.75 Å². The second-order valence-corrected chi connectivity index (χ2v) is 9.75. The third-order valence-electron chi connectivity index (χ3n) is 7.01. The lowest BCUT2D eigenvalue weighted by Gasteiger charge is -2.35. The molecule has 0 aromatic heterocycles. The van der Waals surface area contributed by atoms with E-state index in [4.69, 9.17) is 4.74 Å². The first-order chi connectivity index (χ1) is 16.3. The quantitative estimate of drug-likeness (QED) is 0.313. The first kappa shape index (κ1) is 24.1. The zero-order chi connectivity index (χ0) is 24.4. The number of ketones is 1. The fourth-order valence-corrected chi connectivity index (χ4v) is 5.34. The van der Waals surface area contributed by atoms with E-state index in [0.717, 1.165) is 54.5 Å². The fraction of sp³-hybridized carbons (Fsp3) is 0.448. The van der Waals surface area contributed by atoms with Crippen molar-refractivity contribution < 1.29 is 19.4 Å². The van der Waals surface area contributed by atoms with E-state index in [1.807, 2.05) is 50.2 Å². The number of ether oxygens (including phenoxy) is 1. The molecule has 1 unspecified atom stereocenters. The molecule has 1 N–H and O–H groups in total. The van der Waals surface area contributed by atoms with Crippen molar-refractivity contribution in [1.29, 1.82) is 0 Å². The maximum Gasteiger partial charge on any atom is 0.295 e. The molecule has 4 rings (SSSR count). The van der Waals surface area contributed by atoms with E-state index in [9.17, 15) is 14.7 Å². The maximum atomic E-state index is 13.4. The topological polar surface area (TPSA) is 66.8 Å². The van der Waals surface area contributed by atoms with Crippen molar-refractivity contribution in [2.45, 2.75) is 77.8 Å². The number of carbonyl (C=O) groups is 2. The SMILES string of the molecule is CCOc1ccc(/C(O)=C2/C(=O)C(=O)N(C3CCCCC3)C2c2cccc(C)c2)cc1C(C)C. The average molecular weight is 462 g/mol. The molecule has 180 valence electrons. The number of carbonyl (C=O) groups excluding carboxylic acids is 2. The van der Waals surface area contributed by atoms with Gasteiger partial charge >= 0.3 is 0 Å². The van der Waals surface area contributed by atoms with Crippen LogP contribution in [0, 0.1) is 6.92 Å². The van der Waals surface area contributed by atoms with Gasteiger partial charge in [-0.05, 0) is 61.9 Å². The number of aryl methyl sites for hydroxylation is 1. The minimum absolute atomic E-state index is 0.00701. The molecule has 0 spiro atoms. The summed E-state index contributed by atoms with van der Waals surface area (Å²) in [5, 5.41) is 11.5. The van der Waals surface area contributed by atoms with Crippen LogP contribution in [-0.2, 0) is 9.59 Å². The van der Waals surface area contributed by atoms with Gasteiger partial charge in [0.15, 0.2) is 0 Å². The van der Waals surface area contributed by atoms with Crippen molar-refractivity contribution >= 4 is 17.4 Å². The molecule has 5 nitrogen and oxygen atoms in total. The van der Waals surface area contributed by atoms with Crippen LogP contribution in [0.2, 0.25) is 0 Å². The molecule has 5 heteroatoms. The number of hydrogen-bond acceptors (Lipinski definition) is 4. The molecule has 34 heavy (non-hydrogen) atoms. The van der Waals surface area contributed by atoms with Gasteiger partial charge in [0.05, 0.1) is 18.2 Å². The van der Waals surface area contributed by atoms with Gasteiger partial charge in [-0.3, -0.25) is 9.59 Å². The minimum atomic E-state index is -0.602. The largest absolute Gasteiger partial charge is 0.507 e. The van der Waals surface area contributed by atoms with Crippen LogP contribution >= 0.6 is 0 Å². The molecule has 1 heterocycles. The van der Waals surface area contributed by atoms with Gasteiger partial charge in [-0.15, -0.1) is 0 Å². The predicted molar refractivity (Wildman–Crippen MR) is 134 cm³/mol. The summed E-state index contributed by atoms with van der Waals surface area (Å²) in [6.45, 7) is 8.61. The van der Waals surface area contributed by atoms with Gasteiger partial charge in [0.1, 0.15) is 11.5 Å².